The van der Waals surface area contributed by atoms with Crippen molar-refractivity contribution in [3.63, 3.8) is 0 Å². The summed E-state index contributed by atoms with van der Waals surface area (Å²) in [7, 11) is 0. The van der Waals surface area contributed by atoms with Gasteiger partial charge in [0.1, 0.15) is 5.82 Å². The van der Waals surface area contributed by atoms with E-state index >= 15 is 0 Å². The molecule has 0 saturated heterocycles. The van der Waals surface area contributed by atoms with Gasteiger partial charge in [-0.1, -0.05) is 11.6 Å². The lowest BCUT2D eigenvalue weighted by atomic mass is 10.1. The maximum Gasteiger partial charge on any atom is 0.125 e. The molecule has 2 heterocycles. The first-order valence-corrected chi connectivity index (χ1v) is 5.82. The van der Waals surface area contributed by atoms with Gasteiger partial charge in [-0.2, -0.15) is 0 Å². The number of aromatic nitrogens is 2. The summed E-state index contributed by atoms with van der Waals surface area (Å²) in [5.74, 6) is 0.878. The van der Waals surface area contributed by atoms with Crippen LogP contribution in [0, 0.1) is 6.92 Å². The Labute approximate surface area is 97.2 Å². The van der Waals surface area contributed by atoms with Crippen LogP contribution in [-0.4, -0.2) is 28.0 Å². The molecule has 0 bridgehead atoms. The summed E-state index contributed by atoms with van der Waals surface area (Å²) >= 11 is 0. The monoisotopic (exact) mass is 217 g/mol. The highest BCUT2D eigenvalue weighted by Gasteiger charge is 2.16. The highest BCUT2D eigenvalue weighted by molar-refractivity contribution is 5.20. The maximum absolute atomic E-state index is 4.52. The first-order chi connectivity index (χ1) is 7.65. The molecule has 1 aromatic heterocycles. The molecule has 0 amide bonds. The van der Waals surface area contributed by atoms with Crippen LogP contribution in [0.3, 0.4) is 0 Å². The van der Waals surface area contributed by atoms with Gasteiger partial charge >= 0.3 is 0 Å². The summed E-state index contributed by atoms with van der Waals surface area (Å²) in [5, 5.41) is 0. The fourth-order valence-corrected chi connectivity index (χ4v) is 1.92. The van der Waals surface area contributed by atoms with Crippen LogP contribution in [0.1, 0.15) is 30.9 Å². The third-order valence-electron chi connectivity index (χ3n) is 2.90. The summed E-state index contributed by atoms with van der Waals surface area (Å²) in [5.41, 5.74) is 3.91. The van der Waals surface area contributed by atoms with Crippen molar-refractivity contribution in [3.8, 4) is 0 Å². The maximum atomic E-state index is 4.52. The predicted octanol–water partition coefficient (Wildman–Crippen LogP) is 2.11. The van der Waals surface area contributed by atoms with E-state index in [9.17, 15) is 0 Å². The van der Waals surface area contributed by atoms with Gasteiger partial charge in [0.2, 0.25) is 0 Å². The molecule has 0 atom stereocenters. The average Bonchev–Trinajstić information content (AvgIpc) is 2.25. The van der Waals surface area contributed by atoms with Crippen LogP contribution in [0.15, 0.2) is 17.8 Å². The lowest BCUT2D eigenvalue weighted by Crippen LogP contribution is -2.31. The molecule has 1 aliphatic heterocycles. The summed E-state index contributed by atoms with van der Waals surface area (Å²) < 4.78 is 0. The van der Waals surface area contributed by atoms with Gasteiger partial charge in [0.15, 0.2) is 0 Å². The number of fused-ring (bicyclic) bond motifs is 1. The van der Waals surface area contributed by atoms with E-state index in [-0.39, 0.29) is 0 Å². The lowest BCUT2D eigenvalue weighted by Gasteiger charge is -2.26. The van der Waals surface area contributed by atoms with Crippen molar-refractivity contribution in [1.82, 2.24) is 14.9 Å². The molecule has 0 radical (unpaired) electrons. The smallest absolute Gasteiger partial charge is 0.125 e. The van der Waals surface area contributed by atoms with Crippen molar-refractivity contribution in [2.45, 2.75) is 33.7 Å². The molecular formula is C13H19N3. The van der Waals surface area contributed by atoms with Crippen LogP contribution in [0.4, 0.5) is 0 Å². The van der Waals surface area contributed by atoms with Crippen molar-refractivity contribution in [2.75, 3.05) is 13.1 Å². The summed E-state index contributed by atoms with van der Waals surface area (Å²) in [6, 6.07) is 0. The minimum Gasteiger partial charge on any atom is -0.294 e. The van der Waals surface area contributed by atoms with E-state index < -0.39 is 0 Å². The number of hydrogen-bond donors (Lipinski definition) is 0. The Balaban J connectivity index is 2.08. The largest absolute Gasteiger partial charge is 0.294 e. The Hall–Kier alpha value is -1.22. The molecule has 0 unspecified atom stereocenters. The van der Waals surface area contributed by atoms with E-state index in [4.69, 9.17) is 0 Å². The van der Waals surface area contributed by atoms with Crippen molar-refractivity contribution in [3.05, 3.63) is 34.9 Å². The minimum atomic E-state index is 0.878. The molecular weight excluding hydrogens is 198 g/mol. The molecule has 86 valence electrons. The molecule has 0 saturated carbocycles. The Morgan fingerprint density at radius 3 is 3.06 bits per heavy atom. The van der Waals surface area contributed by atoms with Gasteiger partial charge in [0, 0.05) is 25.8 Å². The molecule has 1 aliphatic rings. The van der Waals surface area contributed by atoms with Crippen molar-refractivity contribution in [2.24, 2.45) is 0 Å². The quantitative estimate of drug-likeness (QED) is 0.710. The fraction of sp³-hybridized carbons (Fsp3) is 0.538. The molecule has 0 spiro atoms. The Morgan fingerprint density at radius 1 is 1.50 bits per heavy atom. The van der Waals surface area contributed by atoms with E-state index in [0.717, 1.165) is 31.9 Å². The molecule has 0 N–H and O–H groups in total. The van der Waals surface area contributed by atoms with Crippen LogP contribution in [0.2, 0.25) is 0 Å². The fourth-order valence-electron chi connectivity index (χ4n) is 1.92. The number of aryl methyl sites for hydroxylation is 1. The first kappa shape index (κ1) is 11.3. The molecule has 3 nitrogen and oxygen atoms in total. The standard InChI is InChI=1S/C13H19N3/c1-10(2)4-6-16-7-5-12-8-14-11(3)15-13(12)9-16/h4,8H,5-7,9H2,1-3H3. The lowest BCUT2D eigenvalue weighted by molar-refractivity contribution is 0.276. The molecule has 0 aromatic carbocycles. The van der Waals surface area contributed by atoms with E-state index in [0.29, 0.717) is 0 Å². The van der Waals surface area contributed by atoms with Gasteiger partial charge in [-0.15, -0.1) is 0 Å². The van der Waals surface area contributed by atoms with Gasteiger partial charge in [0.05, 0.1) is 5.69 Å². The van der Waals surface area contributed by atoms with Crippen molar-refractivity contribution < 1.29 is 0 Å². The summed E-state index contributed by atoms with van der Waals surface area (Å²) in [6.45, 7) is 9.35. The highest BCUT2D eigenvalue weighted by Crippen LogP contribution is 2.16. The Bertz CT molecular complexity index is 406. The van der Waals surface area contributed by atoms with Crippen LogP contribution in [-0.2, 0) is 13.0 Å². The summed E-state index contributed by atoms with van der Waals surface area (Å²) in [4.78, 5) is 11.2. The molecule has 0 aliphatic carbocycles. The predicted molar refractivity (Wildman–Crippen MR) is 65.2 cm³/mol. The van der Waals surface area contributed by atoms with Crippen LogP contribution < -0.4 is 0 Å². The SMILES string of the molecule is CC(C)=CCN1CCc2cnc(C)nc2C1. The topological polar surface area (TPSA) is 29.0 Å². The van der Waals surface area contributed by atoms with Gasteiger partial charge in [-0.3, -0.25) is 4.90 Å². The van der Waals surface area contributed by atoms with Crippen LogP contribution in [0.25, 0.3) is 0 Å². The van der Waals surface area contributed by atoms with Crippen molar-refractivity contribution >= 4 is 0 Å². The first-order valence-electron chi connectivity index (χ1n) is 5.82. The van der Waals surface area contributed by atoms with E-state index in [2.05, 4.69) is 34.8 Å². The molecule has 3 heteroatoms. The third-order valence-corrected chi connectivity index (χ3v) is 2.90. The highest BCUT2D eigenvalue weighted by atomic mass is 15.1. The average molecular weight is 217 g/mol. The Morgan fingerprint density at radius 2 is 2.31 bits per heavy atom. The molecule has 16 heavy (non-hydrogen) atoms. The zero-order valence-electron chi connectivity index (χ0n) is 10.3. The van der Waals surface area contributed by atoms with E-state index in [1.165, 1.54) is 16.8 Å². The van der Waals surface area contributed by atoms with E-state index in [1.807, 2.05) is 13.1 Å². The van der Waals surface area contributed by atoms with Crippen molar-refractivity contribution in [1.29, 1.82) is 0 Å². The van der Waals surface area contributed by atoms with Gasteiger partial charge in [-0.25, -0.2) is 9.97 Å². The van der Waals surface area contributed by atoms with Crippen LogP contribution >= 0.6 is 0 Å². The molecule has 0 fully saturated rings. The number of hydrogen-bond acceptors (Lipinski definition) is 3. The number of nitrogens with zero attached hydrogens (tertiary/aromatic N) is 3. The Kier molecular flexibility index (Phi) is 3.34. The second-order valence-corrected chi connectivity index (χ2v) is 4.66. The van der Waals surface area contributed by atoms with Gasteiger partial charge < -0.3 is 0 Å². The third kappa shape index (κ3) is 2.67. The number of rotatable bonds is 2. The zero-order chi connectivity index (χ0) is 11.5. The normalized spacial score (nSPS) is 15.7. The molecule has 2 rings (SSSR count). The van der Waals surface area contributed by atoms with E-state index in [1.54, 1.807) is 0 Å². The number of allylic oxidation sites excluding steroid dienone is 1. The van der Waals surface area contributed by atoms with Crippen LogP contribution in [0.5, 0.6) is 0 Å². The second-order valence-electron chi connectivity index (χ2n) is 4.66. The second kappa shape index (κ2) is 4.74. The molecule has 1 aromatic rings. The zero-order valence-corrected chi connectivity index (χ0v) is 10.3. The van der Waals surface area contributed by atoms with Gasteiger partial charge in [0.25, 0.3) is 0 Å². The minimum absolute atomic E-state index is 0.878. The summed E-state index contributed by atoms with van der Waals surface area (Å²) in [6.07, 6.45) is 5.33. The van der Waals surface area contributed by atoms with Gasteiger partial charge in [-0.05, 0) is 32.8 Å².